The number of nitrogens with zero attached hydrogens (tertiary/aromatic N) is 2. The molecular weight excluding hydrogens is 252 g/mol. The van der Waals surface area contributed by atoms with Crippen LogP contribution < -0.4 is 16.7 Å². The van der Waals surface area contributed by atoms with Crippen molar-refractivity contribution in [3.63, 3.8) is 0 Å². The van der Waals surface area contributed by atoms with E-state index in [1.165, 1.54) is 6.20 Å². The average molecular weight is 265 g/mol. The van der Waals surface area contributed by atoms with Crippen molar-refractivity contribution in [3.8, 4) is 0 Å². The van der Waals surface area contributed by atoms with Crippen LogP contribution in [0.4, 0.5) is 11.6 Å². The van der Waals surface area contributed by atoms with E-state index in [0.29, 0.717) is 16.3 Å². The van der Waals surface area contributed by atoms with Crippen LogP contribution >= 0.6 is 11.6 Å². The molecule has 94 valence electrons. The Morgan fingerprint density at radius 2 is 2.06 bits per heavy atom. The lowest BCUT2D eigenvalue weighted by atomic mass is 10.2. The van der Waals surface area contributed by atoms with Crippen LogP contribution in [0.3, 0.4) is 0 Å². The van der Waals surface area contributed by atoms with E-state index in [4.69, 9.17) is 17.4 Å². The summed E-state index contributed by atoms with van der Waals surface area (Å²) in [5, 5.41) is 3.52. The van der Waals surface area contributed by atoms with Gasteiger partial charge in [0.15, 0.2) is 0 Å². The molecule has 0 unspecified atom stereocenters. The van der Waals surface area contributed by atoms with Gasteiger partial charge in [0, 0.05) is 11.8 Å². The molecule has 3 N–H and O–H groups in total. The molecule has 18 heavy (non-hydrogen) atoms. The molecular formula is C12H13ClN4O. The molecule has 0 bridgehead atoms. The first-order valence-electron chi connectivity index (χ1n) is 5.36. The summed E-state index contributed by atoms with van der Waals surface area (Å²) in [6, 6.07) is 5.55. The number of nitrogen functional groups attached to an aromatic ring is 1. The number of halogens is 1. The van der Waals surface area contributed by atoms with Crippen molar-refractivity contribution >= 4 is 23.2 Å². The Hall–Kier alpha value is -2.01. The summed E-state index contributed by atoms with van der Waals surface area (Å²) in [6.07, 6.45) is 1.47. The summed E-state index contributed by atoms with van der Waals surface area (Å²) in [4.78, 5) is 15.7. The summed E-state index contributed by atoms with van der Waals surface area (Å²) in [5.74, 6) is 5.90. The summed E-state index contributed by atoms with van der Waals surface area (Å²) in [7, 11) is 0. The molecule has 1 aromatic heterocycles. The van der Waals surface area contributed by atoms with E-state index in [2.05, 4.69) is 10.3 Å². The first-order valence-corrected chi connectivity index (χ1v) is 5.74. The Balaban J connectivity index is 2.44. The molecule has 0 spiro atoms. The largest absolute Gasteiger partial charge is 0.333 e. The first-order chi connectivity index (χ1) is 8.50. The second-order valence-electron chi connectivity index (χ2n) is 4.00. The Bertz CT molecular complexity index is 651. The summed E-state index contributed by atoms with van der Waals surface area (Å²) in [5.41, 5.74) is 1.78. The second kappa shape index (κ2) is 4.70. The molecule has 5 nitrogen and oxygen atoms in total. The lowest BCUT2D eigenvalue weighted by molar-refractivity contribution is 0.886. The number of aryl methyl sites for hydroxylation is 2. The van der Waals surface area contributed by atoms with E-state index in [1.54, 1.807) is 13.0 Å². The van der Waals surface area contributed by atoms with Crippen LogP contribution in [0.2, 0.25) is 5.02 Å². The number of hydrogen-bond acceptors (Lipinski definition) is 4. The van der Waals surface area contributed by atoms with E-state index in [9.17, 15) is 4.79 Å². The van der Waals surface area contributed by atoms with Gasteiger partial charge in [0.1, 0.15) is 0 Å². The maximum Gasteiger partial charge on any atom is 0.276 e. The van der Waals surface area contributed by atoms with Crippen LogP contribution in [0.15, 0.2) is 29.2 Å². The SMILES string of the molecule is Cc1cccc(Nc2ncc(C)c(=O)n2N)c1Cl. The van der Waals surface area contributed by atoms with Crippen molar-refractivity contribution in [1.82, 2.24) is 9.66 Å². The monoisotopic (exact) mass is 264 g/mol. The lowest BCUT2D eigenvalue weighted by Gasteiger charge is -2.12. The van der Waals surface area contributed by atoms with Crippen LogP contribution in [0, 0.1) is 13.8 Å². The number of aromatic nitrogens is 2. The number of rotatable bonds is 2. The minimum Gasteiger partial charge on any atom is -0.333 e. The number of hydrogen-bond donors (Lipinski definition) is 2. The Morgan fingerprint density at radius 3 is 2.78 bits per heavy atom. The van der Waals surface area contributed by atoms with Gasteiger partial charge in [-0.2, -0.15) is 4.68 Å². The molecule has 0 radical (unpaired) electrons. The molecule has 0 aliphatic rings. The minimum absolute atomic E-state index is 0.248. The Morgan fingerprint density at radius 1 is 1.33 bits per heavy atom. The zero-order valence-corrected chi connectivity index (χ0v) is 10.8. The van der Waals surface area contributed by atoms with Crippen molar-refractivity contribution in [2.24, 2.45) is 0 Å². The molecule has 2 aromatic rings. The quantitative estimate of drug-likeness (QED) is 0.814. The molecule has 0 aliphatic carbocycles. The standard InChI is InChI=1S/C12H13ClN4O/c1-7-4-3-5-9(10(7)13)16-12-15-6-8(2)11(18)17(12)14/h3-6H,14H2,1-2H3,(H,15,16). The third-order valence-corrected chi connectivity index (χ3v) is 3.10. The second-order valence-corrected chi connectivity index (χ2v) is 4.38. The van der Waals surface area contributed by atoms with Crippen molar-refractivity contribution in [2.75, 3.05) is 11.2 Å². The number of anilines is 2. The van der Waals surface area contributed by atoms with Gasteiger partial charge in [-0.1, -0.05) is 23.7 Å². The van der Waals surface area contributed by atoms with E-state index in [-0.39, 0.29) is 11.5 Å². The topological polar surface area (TPSA) is 72.9 Å². The van der Waals surface area contributed by atoms with Crippen LogP contribution in [-0.2, 0) is 0 Å². The molecule has 0 atom stereocenters. The summed E-state index contributed by atoms with van der Waals surface area (Å²) < 4.78 is 0.966. The third kappa shape index (κ3) is 2.17. The maximum atomic E-state index is 11.7. The highest BCUT2D eigenvalue weighted by Gasteiger charge is 2.08. The van der Waals surface area contributed by atoms with Gasteiger partial charge >= 0.3 is 0 Å². The molecule has 2 rings (SSSR count). The normalized spacial score (nSPS) is 10.4. The predicted molar refractivity (Wildman–Crippen MR) is 72.9 cm³/mol. The molecule has 1 heterocycles. The highest BCUT2D eigenvalue weighted by atomic mass is 35.5. The highest BCUT2D eigenvalue weighted by Crippen LogP contribution is 2.26. The van der Waals surface area contributed by atoms with Crippen LogP contribution in [0.1, 0.15) is 11.1 Å². The third-order valence-electron chi connectivity index (χ3n) is 2.60. The molecule has 1 aromatic carbocycles. The van der Waals surface area contributed by atoms with Gasteiger partial charge in [0.2, 0.25) is 5.95 Å². The van der Waals surface area contributed by atoms with Crippen LogP contribution in [0.25, 0.3) is 0 Å². The van der Waals surface area contributed by atoms with Gasteiger partial charge in [0.25, 0.3) is 5.56 Å². The smallest absolute Gasteiger partial charge is 0.276 e. The van der Waals surface area contributed by atoms with Gasteiger partial charge in [0.05, 0.1) is 10.7 Å². The van der Waals surface area contributed by atoms with E-state index < -0.39 is 0 Å². The first kappa shape index (κ1) is 12.4. The predicted octanol–water partition coefficient (Wildman–Crippen LogP) is 1.97. The molecule has 0 aliphatic heterocycles. The van der Waals surface area contributed by atoms with E-state index >= 15 is 0 Å². The van der Waals surface area contributed by atoms with Gasteiger partial charge < -0.3 is 11.2 Å². The maximum absolute atomic E-state index is 11.7. The van der Waals surface area contributed by atoms with Crippen molar-refractivity contribution in [1.29, 1.82) is 0 Å². The van der Waals surface area contributed by atoms with E-state index in [1.807, 2.05) is 19.1 Å². The fraction of sp³-hybridized carbons (Fsp3) is 0.167. The van der Waals surface area contributed by atoms with Crippen molar-refractivity contribution in [3.05, 3.63) is 50.9 Å². The number of benzene rings is 1. The molecule has 0 saturated heterocycles. The van der Waals surface area contributed by atoms with Gasteiger partial charge in [-0.3, -0.25) is 4.79 Å². The summed E-state index contributed by atoms with van der Waals surface area (Å²) in [6.45, 7) is 3.55. The molecule has 0 saturated carbocycles. The fourth-order valence-electron chi connectivity index (χ4n) is 1.52. The zero-order valence-electron chi connectivity index (χ0n) is 10.1. The van der Waals surface area contributed by atoms with Gasteiger partial charge in [-0.15, -0.1) is 0 Å². The van der Waals surface area contributed by atoms with Crippen LogP contribution in [0.5, 0.6) is 0 Å². The number of nitrogens with one attached hydrogen (secondary N) is 1. The number of nitrogens with two attached hydrogens (primary N) is 1. The van der Waals surface area contributed by atoms with Gasteiger partial charge in [-0.25, -0.2) is 4.98 Å². The van der Waals surface area contributed by atoms with Gasteiger partial charge in [-0.05, 0) is 25.5 Å². The highest BCUT2D eigenvalue weighted by molar-refractivity contribution is 6.34. The lowest BCUT2D eigenvalue weighted by Crippen LogP contribution is -2.31. The zero-order chi connectivity index (χ0) is 13.3. The molecule has 0 amide bonds. The van der Waals surface area contributed by atoms with Crippen LogP contribution in [-0.4, -0.2) is 9.66 Å². The minimum atomic E-state index is -0.295. The fourth-order valence-corrected chi connectivity index (χ4v) is 1.69. The Labute approximate surface area is 109 Å². The average Bonchev–Trinajstić information content (AvgIpc) is 2.35. The van der Waals surface area contributed by atoms with Crippen molar-refractivity contribution < 1.29 is 0 Å². The summed E-state index contributed by atoms with van der Waals surface area (Å²) >= 11 is 6.15. The Kier molecular flexibility index (Phi) is 3.25. The van der Waals surface area contributed by atoms with Crippen molar-refractivity contribution in [2.45, 2.75) is 13.8 Å². The molecule has 6 heteroatoms. The molecule has 0 fully saturated rings. The van der Waals surface area contributed by atoms with E-state index in [0.717, 1.165) is 10.2 Å².